The van der Waals surface area contributed by atoms with Crippen LogP contribution in [0, 0.1) is 23.2 Å². The second-order valence-electron chi connectivity index (χ2n) is 6.59. The molecule has 0 unspecified atom stereocenters. The molecular weight excluding hydrogens is 244 g/mol. The fourth-order valence-corrected chi connectivity index (χ4v) is 2.27. The summed E-state index contributed by atoms with van der Waals surface area (Å²) in [4.78, 5) is 23.7. The van der Waals surface area contributed by atoms with Gasteiger partial charge in [0.1, 0.15) is 0 Å². The van der Waals surface area contributed by atoms with Gasteiger partial charge < -0.3 is 9.47 Å². The average molecular weight is 272 g/mol. The molecule has 0 aliphatic heterocycles. The summed E-state index contributed by atoms with van der Waals surface area (Å²) in [6.07, 6.45) is 1.17. The lowest BCUT2D eigenvalue weighted by Crippen LogP contribution is -2.30. The van der Waals surface area contributed by atoms with Crippen molar-refractivity contribution >= 4 is 11.9 Å². The van der Waals surface area contributed by atoms with Crippen molar-refractivity contribution in [2.45, 2.75) is 47.5 Å². The molecule has 0 radical (unpaired) electrons. The van der Waals surface area contributed by atoms with Gasteiger partial charge >= 0.3 is 11.9 Å². The van der Waals surface area contributed by atoms with Crippen molar-refractivity contribution in [2.75, 3.05) is 14.2 Å². The minimum atomic E-state index is -0.267. The molecule has 4 heteroatoms. The molecule has 0 N–H and O–H groups in total. The molecule has 0 saturated carbocycles. The van der Waals surface area contributed by atoms with E-state index in [1.54, 1.807) is 0 Å². The van der Waals surface area contributed by atoms with E-state index in [0.29, 0.717) is 12.8 Å². The number of hydrogen-bond donors (Lipinski definition) is 0. The van der Waals surface area contributed by atoms with Crippen LogP contribution < -0.4 is 0 Å². The van der Waals surface area contributed by atoms with E-state index >= 15 is 0 Å². The van der Waals surface area contributed by atoms with E-state index in [9.17, 15) is 9.59 Å². The fourth-order valence-electron chi connectivity index (χ4n) is 2.27. The molecule has 0 aromatic carbocycles. The lowest BCUT2D eigenvalue weighted by molar-refractivity contribution is -0.151. The highest BCUT2D eigenvalue weighted by molar-refractivity contribution is 5.76. The molecule has 0 bridgehead atoms. The lowest BCUT2D eigenvalue weighted by atomic mass is 9.78. The van der Waals surface area contributed by atoms with Crippen molar-refractivity contribution in [3.63, 3.8) is 0 Å². The Bertz CT molecular complexity index is 302. The molecule has 112 valence electrons. The minimum absolute atomic E-state index is 0.0104. The normalized spacial score (nSPS) is 14.9. The Morgan fingerprint density at radius 1 is 1.00 bits per heavy atom. The molecule has 0 heterocycles. The van der Waals surface area contributed by atoms with Gasteiger partial charge in [-0.1, -0.05) is 34.6 Å². The van der Waals surface area contributed by atoms with Gasteiger partial charge in [-0.2, -0.15) is 0 Å². The number of methoxy groups -OCH3 is 2. The Hall–Kier alpha value is -1.06. The molecule has 0 amide bonds. The molecule has 0 aliphatic carbocycles. The highest BCUT2D eigenvalue weighted by atomic mass is 16.5. The van der Waals surface area contributed by atoms with Crippen LogP contribution in [0.5, 0.6) is 0 Å². The molecule has 2 atom stereocenters. The molecule has 0 aromatic rings. The summed E-state index contributed by atoms with van der Waals surface area (Å²) in [6.45, 7) is 10.2. The molecule has 0 aliphatic rings. The van der Waals surface area contributed by atoms with Crippen molar-refractivity contribution in [1.29, 1.82) is 0 Å². The predicted molar refractivity (Wildman–Crippen MR) is 74.5 cm³/mol. The first-order chi connectivity index (χ1) is 8.62. The van der Waals surface area contributed by atoms with Crippen LogP contribution in [0.3, 0.4) is 0 Å². The van der Waals surface area contributed by atoms with Crippen molar-refractivity contribution in [3.05, 3.63) is 0 Å². The van der Waals surface area contributed by atoms with E-state index in [-0.39, 0.29) is 35.1 Å². The molecule has 0 rings (SSSR count). The summed E-state index contributed by atoms with van der Waals surface area (Å²) < 4.78 is 9.69. The van der Waals surface area contributed by atoms with Crippen LogP contribution in [-0.2, 0) is 19.1 Å². The second-order valence-corrected chi connectivity index (χ2v) is 6.59. The number of ether oxygens (including phenoxy) is 2. The highest BCUT2D eigenvalue weighted by Crippen LogP contribution is 2.31. The number of carbonyl (C=O) groups excluding carboxylic acids is 2. The Kier molecular flexibility index (Phi) is 7.09. The van der Waals surface area contributed by atoms with Crippen LogP contribution >= 0.6 is 0 Å². The van der Waals surface area contributed by atoms with Crippen LogP contribution in [0.25, 0.3) is 0 Å². The van der Waals surface area contributed by atoms with Crippen molar-refractivity contribution in [1.82, 2.24) is 0 Å². The summed E-state index contributed by atoms with van der Waals surface area (Å²) in [7, 11) is 2.77. The average Bonchev–Trinajstić information content (AvgIpc) is 2.30. The Labute approximate surface area is 116 Å². The van der Waals surface area contributed by atoms with Gasteiger partial charge in [0.15, 0.2) is 0 Å². The molecule has 0 aromatic heterocycles. The smallest absolute Gasteiger partial charge is 0.308 e. The molecule has 0 saturated heterocycles. The molecule has 19 heavy (non-hydrogen) atoms. The Balaban J connectivity index is 4.96. The predicted octanol–water partition coefficient (Wildman–Crippen LogP) is 3.05. The second kappa shape index (κ2) is 7.51. The number of hydrogen-bond acceptors (Lipinski definition) is 4. The van der Waals surface area contributed by atoms with Crippen LogP contribution in [-0.4, -0.2) is 26.2 Å². The van der Waals surface area contributed by atoms with Crippen molar-refractivity contribution in [3.8, 4) is 0 Å². The largest absolute Gasteiger partial charge is 0.469 e. The monoisotopic (exact) mass is 272 g/mol. The SMILES string of the molecule is COC(=O)[C@@H](C[C@H](C(=O)OC)C(C)C)CC(C)(C)C. The van der Waals surface area contributed by atoms with Gasteiger partial charge in [0.2, 0.25) is 0 Å². The van der Waals surface area contributed by atoms with Gasteiger partial charge in [-0.15, -0.1) is 0 Å². The van der Waals surface area contributed by atoms with Crippen LogP contribution in [0.4, 0.5) is 0 Å². The number of carbonyl (C=O) groups is 2. The summed E-state index contributed by atoms with van der Waals surface area (Å²) in [6, 6.07) is 0. The fraction of sp³-hybridized carbons (Fsp3) is 0.867. The number of esters is 2. The van der Waals surface area contributed by atoms with E-state index in [2.05, 4.69) is 20.8 Å². The quantitative estimate of drug-likeness (QED) is 0.697. The Morgan fingerprint density at radius 2 is 1.47 bits per heavy atom. The van der Waals surface area contributed by atoms with Crippen LogP contribution in [0.1, 0.15) is 47.5 Å². The zero-order valence-electron chi connectivity index (χ0n) is 13.3. The summed E-state index contributed by atoms with van der Waals surface area (Å²) in [5.74, 6) is -0.894. The highest BCUT2D eigenvalue weighted by Gasteiger charge is 2.33. The maximum Gasteiger partial charge on any atom is 0.308 e. The third kappa shape index (κ3) is 6.60. The van der Waals surface area contributed by atoms with Gasteiger partial charge in [-0.05, 0) is 24.2 Å². The summed E-state index contributed by atoms with van der Waals surface area (Å²) in [5.41, 5.74) is 0.0104. The molecule has 0 fully saturated rings. The van der Waals surface area contributed by atoms with E-state index in [1.165, 1.54) is 14.2 Å². The van der Waals surface area contributed by atoms with Gasteiger partial charge in [0, 0.05) is 0 Å². The first kappa shape index (κ1) is 17.9. The molecular formula is C15H28O4. The molecule has 4 nitrogen and oxygen atoms in total. The zero-order chi connectivity index (χ0) is 15.2. The van der Waals surface area contributed by atoms with Crippen LogP contribution in [0.15, 0.2) is 0 Å². The minimum Gasteiger partial charge on any atom is -0.469 e. The van der Waals surface area contributed by atoms with Gasteiger partial charge in [0.25, 0.3) is 0 Å². The van der Waals surface area contributed by atoms with Crippen molar-refractivity contribution in [2.24, 2.45) is 23.2 Å². The summed E-state index contributed by atoms with van der Waals surface area (Å²) >= 11 is 0. The van der Waals surface area contributed by atoms with E-state index in [1.807, 2.05) is 13.8 Å². The third-order valence-electron chi connectivity index (χ3n) is 3.24. The molecule has 0 spiro atoms. The third-order valence-corrected chi connectivity index (χ3v) is 3.24. The zero-order valence-corrected chi connectivity index (χ0v) is 13.3. The maximum absolute atomic E-state index is 11.9. The van der Waals surface area contributed by atoms with E-state index in [4.69, 9.17) is 9.47 Å². The van der Waals surface area contributed by atoms with Gasteiger partial charge in [0.05, 0.1) is 26.1 Å². The first-order valence-electron chi connectivity index (χ1n) is 6.78. The van der Waals surface area contributed by atoms with Gasteiger partial charge in [-0.3, -0.25) is 9.59 Å². The van der Waals surface area contributed by atoms with Crippen LogP contribution in [0.2, 0.25) is 0 Å². The van der Waals surface area contributed by atoms with Gasteiger partial charge in [-0.25, -0.2) is 0 Å². The van der Waals surface area contributed by atoms with E-state index in [0.717, 1.165) is 0 Å². The first-order valence-corrected chi connectivity index (χ1v) is 6.78. The lowest BCUT2D eigenvalue weighted by Gasteiger charge is -2.28. The number of rotatable bonds is 6. The van der Waals surface area contributed by atoms with Crippen molar-refractivity contribution < 1.29 is 19.1 Å². The maximum atomic E-state index is 11.9. The topological polar surface area (TPSA) is 52.6 Å². The van der Waals surface area contributed by atoms with E-state index < -0.39 is 0 Å². The standard InChI is InChI=1S/C15H28O4/c1-10(2)12(14(17)19-7)8-11(13(16)18-6)9-15(3,4)5/h10-12H,8-9H2,1-7H3/t11-,12-/m0/s1. The summed E-state index contributed by atoms with van der Waals surface area (Å²) in [5, 5.41) is 0. The Morgan fingerprint density at radius 3 is 1.79 bits per heavy atom.